The van der Waals surface area contributed by atoms with Gasteiger partial charge in [0.1, 0.15) is 0 Å². The second kappa shape index (κ2) is 3.96. The van der Waals surface area contributed by atoms with Gasteiger partial charge in [-0.25, -0.2) is 16.8 Å². The maximum Gasteiger partial charge on any atom is 0.185 e. The minimum atomic E-state index is -3.59. The van der Waals surface area contributed by atoms with Crippen LogP contribution in [0, 0.1) is 6.92 Å². The minimum absolute atomic E-state index is 0.162. The highest BCUT2D eigenvalue weighted by Gasteiger charge is 2.33. The molecule has 0 amide bonds. The van der Waals surface area contributed by atoms with Crippen LogP contribution in [0.5, 0.6) is 0 Å². The van der Waals surface area contributed by atoms with Crippen LogP contribution < -0.4 is 0 Å². The van der Waals surface area contributed by atoms with Crippen LogP contribution in [0.1, 0.15) is 5.56 Å². The molecule has 0 fully saturated rings. The van der Waals surface area contributed by atoms with Gasteiger partial charge in [-0.1, -0.05) is 23.8 Å². The van der Waals surface area contributed by atoms with Crippen molar-refractivity contribution in [3.63, 3.8) is 0 Å². The summed E-state index contributed by atoms with van der Waals surface area (Å²) in [6.45, 7) is 1.86. The Morgan fingerprint density at radius 1 is 1.18 bits per heavy atom. The smallest absolute Gasteiger partial charge is 0.185 e. The average molecular weight is 272 g/mol. The quantitative estimate of drug-likeness (QED) is 0.808. The van der Waals surface area contributed by atoms with E-state index in [9.17, 15) is 16.8 Å². The van der Waals surface area contributed by atoms with Gasteiger partial charge in [0, 0.05) is 5.41 Å². The number of rotatable bonds is 2. The van der Waals surface area contributed by atoms with Crippen LogP contribution in [0.3, 0.4) is 0 Å². The molecule has 0 N–H and O–H groups in total. The Labute approximate surface area is 101 Å². The molecule has 2 rings (SSSR count). The zero-order valence-corrected chi connectivity index (χ0v) is 10.8. The fraction of sp³-hybridized carbons (Fsp3) is 0.273. The lowest BCUT2D eigenvalue weighted by Gasteiger charge is -2.09. The van der Waals surface area contributed by atoms with Crippen molar-refractivity contribution in [2.24, 2.45) is 0 Å². The largest absolute Gasteiger partial charge is 0.224 e. The van der Waals surface area contributed by atoms with Crippen molar-refractivity contribution in [1.82, 2.24) is 0 Å². The molecule has 0 bridgehead atoms. The van der Waals surface area contributed by atoms with Crippen molar-refractivity contribution in [2.45, 2.75) is 17.1 Å². The first-order valence-corrected chi connectivity index (χ1v) is 8.29. The van der Waals surface area contributed by atoms with Crippen LogP contribution in [0.4, 0.5) is 0 Å². The number of hydrogen-bond donors (Lipinski definition) is 0. The SMILES string of the molecule is Cc1ccc(S(=O)(=O)C2C=CS(=O)(=O)C2)cc1. The van der Waals surface area contributed by atoms with Crippen molar-refractivity contribution in [1.29, 1.82) is 0 Å². The summed E-state index contributed by atoms with van der Waals surface area (Å²) in [7, 11) is -6.95. The zero-order valence-electron chi connectivity index (χ0n) is 9.20. The maximum absolute atomic E-state index is 12.1. The summed E-state index contributed by atoms with van der Waals surface area (Å²) in [5, 5.41) is 0.0128. The summed E-state index contributed by atoms with van der Waals surface area (Å²) in [6.07, 6.45) is 1.24. The van der Waals surface area contributed by atoms with Crippen molar-refractivity contribution in [3.05, 3.63) is 41.3 Å². The third kappa shape index (κ3) is 2.42. The van der Waals surface area contributed by atoms with Gasteiger partial charge < -0.3 is 0 Å². The van der Waals surface area contributed by atoms with Crippen LogP contribution in [0.2, 0.25) is 0 Å². The second-order valence-corrected chi connectivity index (χ2v) is 8.15. The molecule has 0 aliphatic carbocycles. The number of benzene rings is 1. The van der Waals surface area contributed by atoms with E-state index >= 15 is 0 Å². The van der Waals surface area contributed by atoms with E-state index in [4.69, 9.17) is 0 Å². The highest BCUT2D eigenvalue weighted by molar-refractivity contribution is 7.98. The summed E-state index contributed by atoms with van der Waals surface area (Å²) in [5.74, 6) is -0.358. The number of sulfone groups is 2. The number of hydrogen-bond acceptors (Lipinski definition) is 4. The minimum Gasteiger partial charge on any atom is -0.224 e. The van der Waals surface area contributed by atoms with E-state index in [1.165, 1.54) is 18.2 Å². The normalized spacial score (nSPS) is 22.8. The van der Waals surface area contributed by atoms with E-state index < -0.39 is 24.9 Å². The summed E-state index contributed by atoms with van der Waals surface area (Å²) in [6, 6.07) is 6.40. The van der Waals surface area contributed by atoms with Gasteiger partial charge in [0.05, 0.1) is 15.9 Å². The molecular formula is C11H12O4S2. The summed E-state index contributed by atoms with van der Waals surface area (Å²) < 4.78 is 46.7. The molecule has 0 saturated heterocycles. The van der Waals surface area contributed by atoms with Crippen LogP contribution in [0.25, 0.3) is 0 Å². The molecular weight excluding hydrogens is 260 g/mol. The van der Waals surface area contributed by atoms with Crippen molar-refractivity contribution in [2.75, 3.05) is 5.75 Å². The van der Waals surface area contributed by atoms with Crippen LogP contribution >= 0.6 is 0 Å². The average Bonchev–Trinajstić information content (AvgIpc) is 2.60. The lowest BCUT2D eigenvalue weighted by atomic mass is 10.2. The summed E-state index contributed by atoms with van der Waals surface area (Å²) >= 11 is 0. The van der Waals surface area contributed by atoms with Gasteiger partial charge in [-0.15, -0.1) is 0 Å². The molecule has 1 aromatic rings. The first-order chi connectivity index (χ1) is 7.81. The molecule has 92 valence electrons. The van der Waals surface area contributed by atoms with E-state index in [2.05, 4.69) is 0 Å². The molecule has 0 aromatic heterocycles. The molecule has 0 radical (unpaired) electrons. The topological polar surface area (TPSA) is 68.3 Å². The van der Waals surface area contributed by atoms with Gasteiger partial charge in [-0.2, -0.15) is 0 Å². The van der Waals surface area contributed by atoms with Gasteiger partial charge >= 0.3 is 0 Å². The standard InChI is InChI=1S/C11H12O4S2/c1-9-2-4-10(5-3-9)17(14,15)11-6-7-16(12,13)8-11/h2-7,11H,8H2,1H3. The van der Waals surface area contributed by atoms with E-state index in [1.54, 1.807) is 12.1 Å². The molecule has 1 unspecified atom stereocenters. The predicted molar refractivity (Wildman–Crippen MR) is 65.1 cm³/mol. The summed E-state index contributed by atoms with van der Waals surface area (Å²) in [5.41, 5.74) is 0.957. The Morgan fingerprint density at radius 3 is 2.24 bits per heavy atom. The molecule has 4 nitrogen and oxygen atoms in total. The molecule has 1 aliphatic rings. The van der Waals surface area contributed by atoms with E-state index in [0.29, 0.717) is 0 Å². The van der Waals surface area contributed by atoms with Gasteiger partial charge in [0.2, 0.25) is 0 Å². The second-order valence-electron chi connectivity index (χ2n) is 4.05. The molecule has 1 atom stereocenters. The maximum atomic E-state index is 12.1. The Kier molecular flexibility index (Phi) is 2.87. The zero-order chi connectivity index (χ0) is 12.7. The Bertz CT molecular complexity index is 652. The van der Waals surface area contributed by atoms with Gasteiger partial charge in [-0.3, -0.25) is 0 Å². The van der Waals surface area contributed by atoms with E-state index in [0.717, 1.165) is 11.0 Å². The molecule has 6 heteroatoms. The number of aryl methyl sites for hydroxylation is 1. The molecule has 0 spiro atoms. The van der Waals surface area contributed by atoms with Crippen molar-refractivity contribution < 1.29 is 16.8 Å². The third-order valence-corrected chi connectivity index (χ3v) is 6.30. The first kappa shape index (κ1) is 12.3. The van der Waals surface area contributed by atoms with Crippen molar-refractivity contribution in [3.8, 4) is 0 Å². The highest BCUT2D eigenvalue weighted by Crippen LogP contribution is 2.23. The first-order valence-electron chi connectivity index (χ1n) is 5.03. The van der Waals surface area contributed by atoms with Crippen LogP contribution in [-0.2, 0) is 19.7 Å². The highest BCUT2D eigenvalue weighted by atomic mass is 32.2. The lowest BCUT2D eigenvalue weighted by Crippen LogP contribution is -2.22. The molecule has 1 aliphatic heterocycles. The van der Waals surface area contributed by atoms with E-state index in [1.807, 2.05) is 6.92 Å². The third-order valence-electron chi connectivity index (χ3n) is 2.65. The Morgan fingerprint density at radius 2 is 1.76 bits per heavy atom. The molecule has 17 heavy (non-hydrogen) atoms. The Balaban J connectivity index is 2.39. The van der Waals surface area contributed by atoms with E-state index in [-0.39, 0.29) is 10.6 Å². The predicted octanol–water partition coefficient (Wildman–Crippen LogP) is 1.08. The van der Waals surface area contributed by atoms with Crippen LogP contribution in [-0.4, -0.2) is 27.8 Å². The monoisotopic (exact) mass is 272 g/mol. The Hall–Kier alpha value is -1.14. The fourth-order valence-corrected chi connectivity index (χ4v) is 5.29. The van der Waals surface area contributed by atoms with Gasteiger partial charge in [-0.05, 0) is 19.1 Å². The van der Waals surface area contributed by atoms with Gasteiger partial charge in [0.25, 0.3) is 0 Å². The molecule has 0 saturated carbocycles. The molecule has 1 aromatic carbocycles. The summed E-state index contributed by atoms with van der Waals surface area (Å²) in [4.78, 5) is 0.162. The lowest BCUT2D eigenvalue weighted by molar-refractivity contribution is 0.587. The fourth-order valence-electron chi connectivity index (χ4n) is 1.64. The molecule has 1 heterocycles. The van der Waals surface area contributed by atoms with Crippen LogP contribution in [0.15, 0.2) is 40.6 Å². The van der Waals surface area contributed by atoms with Crippen molar-refractivity contribution >= 4 is 19.7 Å². The van der Waals surface area contributed by atoms with Gasteiger partial charge in [0.15, 0.2) is 19.7 Å².